The zero-order chi connectivity index (χ0) is 11.1. The van der Waals surface area contributed by atoms with Gasteiger partial charge in [-0.3, -0.25) is 0 Å². The SMILES string of the molecule is CN(C)C(=O)NCCOC1CCCCC1. The number of ether oxygens (including phenoxy) is 1. The Hall–Kier alpha value is -0.770. The van der Waals surface area contributed by atoms with E-state index in [-0.39, 0.29) is 6.03 Å². The first-order valence-corrected chi connectivity index (χ1v) is 5.77. The summed E-state index contributed by atoms with van der Waals surface area (Å²) in [5.41, 5.74) is 0. The molecule has 0 radical (unpaired) electrons. The second kappa shape index (κ2) is 6.67. The van der Waals surface area contributed by atoms with Crippen molar-refractivity contribution < 1.29 is 9.53 Å². The van der Waals surface area contributed by atoms with Crippen molar-refractivity contribution >= 4 is 6.03 Å². The summed E-state index contributed by atoms with van der Waals surface area (Å²) < 4.78 is 5.68. The molecule has 0 bridgehead atoms. The van der Waals surface area contributed by atoms with Crippen LogP contribution in [0.3, 0.4) is 0 Å². The highest BCUT2D eigenvalue weighted by Crippen LogP contribution is 2.19. The van der Waals surface area contributed by atoms with Crippen molar-refractivity contribution in [1.82, 2.24) is 10.2 Å². The van der Waals surface area contributed by atoms with Crippen molar-refractivity contribution in [3.8, 4) is 0 Å². The molecule has 1 N–H and O–H groups in total. The fraction of sp³-hybridized carbons (Fsp3) is 0.909. The van der Waals surface area contributed by atoms with Crippen LogP contribution in [0.4, 0.5) is 4.79 Å². The first kappa shape index (κ1) is 12.3. The highest BCUT2D eigenvalue weighted by atomic mass is 16.5. The molecule has 0 atom stereocenters. The maximum atomic E-state index is 11.2. The Morgan fingerprint density at radius 3 is 2.60 bits per heavy atom. The Morgan fingerprint density at radius 2 is 2.00 bits per heavy atom. The summed E-state index contributed by atoms with van der Waals surface area (Å²) in [6.07, 6.45) is 6.71. The first-order valence-electron chi connectivity index (χ1n) is 5.77. The zero-order valence-electron chi connectivity index (χ0n) is 9.79. The summed E-state index contributed by atoms with van der Waals surface area (Å²) in [6.45, 7) is 1.23. The molecule has 1 rings (SSSR count). The minimum absolute atomic E-state index is 0.0535. The predicted molar refractivity (Wildman–Crippen MR) is 59.9 cm³/mol. The Kier molecular flexibility index (Phi) is 5.47. The van der Waals surface area contributed by atoms with Crippen LogP contribution in [0.15, 0.2) is 0 Å². The van der Waals surface area contributed by atoms with E-state index in [1.54, 1.807) is 14.1 Å². The second-order valence-electron chi connectivity index (χ2n) is 4.26. The molecule has 0 heterocycles. The molecule has 1 saturated carbocycles. The molecule has 15 heavy (non-hydrogen) atoms. The molecule has 2 amide bonds. The van der Waals surface area contributed by atoms with Gasteiger partial charge in [-0.2, -0.15) is 0 Å². The van der Waals surface area contributed by atoms with Gasteiger partial charge in [0.05, 0.1) is 12.7 Å². The van der Waals surface area contributed by atoms with Crippen molar-refractivity contribution in [2.24, 2.45) is 0 Å². The summed E-state index contributed by atoms with van der Waals surface area (Å²) in [5, 5.41) is 2.78. The third-order valence-electron chi connectivity index (χ3n) is 2.69. The maximum Gasteiger partial charge on any atom is 0.316 e. The third-order valence-corrected chi connectivity index (χ3v) is 2.69. The van der Waals surface area contributed by atoms with E-state index < -0.39 is 0 Å². The minimum atomic E-state index is -0.0535. The van der Waals surface area contributed by atoms with Crippen molar-refractivity contribution in [2.75, 3.05) is 27.2 Å². The predicted octanol–water partition coefficient (Wildman–Crippen LogP) is 1.61. The van der Waals surface area contributed by atoms with Gasteiger partial charge in [-0.25, -0.2) is 4.79 Å². The van der Waals surface area contributed by atoms with E-state index in [2.05, 4.69) is 5.32 Å². The van der Waals surface area contributed by atoms with Crippen molar-refractivity contribution in [1.29, 1.82) is 0 Å². The van der Waals surface area contributed by atoms with E-state index >= 15 is 0 Å². The minimum Gasteiger partial charge on any atom is -0.376 e. The van der Waals surface area contributed by atoms with E-state index in [4.69, 9.17) is 4.74 Å². The molecule has 0 spiro atoms. The number of hydrogen-bond acceptors (Lipinski definition) is 2. The van der Waals surface area contributed by atoms with Gasteiger partial charge in [-0.1, -0.05) is 19.3 Å². The Morgan fingerprint density at radius 1 is 1.33 bits per heavy atom. The monoisotopic (exact) mass is 214 g/mol. The number of carbonyl (C=O) groups is 1. The van der Waals surface area contributed by atoms with Crippen molar-refractivity contribution in [3.05, 3.63) is 0 Å². The average molecular weight is 214 g/mol. The van der Waals surface area contributed by atoms with Gasteiger partial charge in [0.2, 0.25) is 0 Å². The molecule has 0 saturated heterocycles. The van der Waals surface area contributed by atoms with Crippen LogP contribution in [-0.2, 0) is 4.74 Å². The van der Waals surface area contributed by atoms with Gasteiger partial charge in [-0.15, -0.1) is 0 Å². The number of rotatable bonds is 4. The molecule has 0 aromatic rings. The summed E-state index contributed by atoms with van der Waals surface area (Å²) in [6, 6.07) is -0.0535. The standard InChI is InChI=1S/C11H22N2O2/c1-13(2)11(14)12-8-9-15-10-6-4-3-5-7-10/h10H,3-9H2,1-2H3,(H,12,14). The Bertz CT molecular complexity index is 189. The summed E-state index contributed by atoms with van der Waals surface area (Å²) >= 11 is 0. The van der Waals surface area contributed by atoms with Crippen LogP contribution in [0, 0.1) is 0 Å². The fourth-order valence-electron chi connectivity index (χ4n) is 1.77. The van der Waals surface area contributed by atoms with E-state index in [1.165, 1.54) is 37.0 Å². The number of carbonyl (C=O) groups excluding carboxylic acids is 1. The van der Waals surface area contributed by atoms with Crippen LogP contribution in [-0.4, -0.2) is 44.3 Å². The molecule has 0 aliphatic heterocycles. The molecule has 4 nitrogen and oxygen atoms in total. The molecular weight excluding hydrogens is 192 g/mol. The van der Waals surface area contributed by atoms with Gasteiger partial charge in [0.1, 0.15) is 0 Å². The topological polar surface area (TPSA) is 41.6 Å². The molecular formula is C11H22N2O2. The van der Waals surface area contributed by atoms with E-state index in [9.17, 15) is 4.79 Å². The lowest BCUT2D eigenvalue weighted by atomic mass is 9.98. The van der Waals surface area contributed by atoms with Crippen molar-refractivity contribution in [2.45, 2.75) is 38.2 Å². The van der Waals surface area contributed by atoms with Crippen molar-refractivity contribution in [3.63, 3.8) is 0 Å². The summed E-state index contributed by atoms with van der Waals surface area (Å²) in [5.74, 6) is 0. The second-order valence-corrected chi connectivity index (χ2v) is 4.26. The van der Waals surface area contributed by atoms with Crippen LogP contribution in [0.1, 0.15) is 32.1 Å². The van der Waals surface area contributed by atoms with E-state index in [1.807, 2.05) is 0 Å². The quantitative estimate of drug-likeness (QED) is 0.722. The number of nitrogens with zero attached hydrogens (tertiary/aromatic N) is 1. The Labute approximate surface area is 92.0 Å². The lowest BCUT2D eigenvalue weighted by Gasteiger charge is -2.22. The first-order chi connectivity index (χ1) is 7.20. The van der Waals surface area contributed by atoms with Gasteiger partial charge in [-0.05, 0) is 12.8 Å². The molecule has 4 heteroatoms. The van der Waals surface area contributed by atoms with Gasteiger partial charge >= 0.3 is 6.03 Å². The van der Waals surface area contributed by atoms with Crippen LogP contribution in [0.2, 0.25) is 0 Å². The highest BCUT2D eigenvalue weighted by molar-refractivity contribution is 5.73. The van der Waals surface area contributed by atoms with Gasteiger partial charge in [0, 0.05) is 20.6 Å². The molecule has 0 aromatic carbocycles. The van der Waals surface area contributed by atoms with E-state index in [0.29, 0.717) is 19.3 Å². The number of nitrogens with one attached hydrogen (secondary N) is 1. The van der Waals surface area contributed by atoms with Gasteiger partial charge in [0.25, 0.3) is 0 Å². The van der Waals surface area contributed by atoms with Crippen LogP contribution < -0.4 is 5.32 Å². The highest BCUT2D eigenvalue weighted by Gasteiger charge is 2.13. The fourth-order valence-corrected chi connectivity index (χ4v) is 1.77. The molecule has 1 fully saturated rings. The summed E-state index contributed by atoms with van der Waals surface area (Å²) in [4.78, 5) is 12.7. The largest absolute Gasteiger partial charge is 0.376 e. The normalized spacial score (nSPS) is 17.5. The third kappa shape index (κ3) is 5.02. The molecule has 1 aliphatic carbocycles. The average Bonchev–Trinajstić information content (AvgIpc) is 2.25. The zero-order valence-corrected chi connectivity index (χ0v) is 9.79. The molecule has 0 aromatic heterocycles. The number of amides is 2. The molecule has 88 valence electrons. The molecule has 1 aliphatic rings. The smallest absolute Gasteiger partial charge is 0.316 e. The van der Waals surface area contributed by atoms with Gasteiger partial charge < -0.3 is 15.0 Å². The lowest BCUT2D eigenvalue weighted by molar-refractivity contribution is 0.0309. The molecule has 0 unspecified atom stereocenters. The maximum absolute atomic E-state index is 11.2. The number of urea groups is 1. The van der Waals surface area contributed by atoms with Crippen LogP contribution in [0.5, 0.6) is 0 Å². The van der Waals surface area contributed by atoms with Crippen LogP contribution >= 0.6 is 0 Å². The number of hydrogen-bond donors (Lipinski definition) is 1. The van der Waals surface area contributed by atoms with Crippen LogP contribution in [0.25, 0.3) is 0 Å². The van der Waals surface area contributed by atoms with E-state index in [0.717, 1.165) is 0 Å². The summed E-state index contributed by atoms with van der Waals surface area (Å²) in [7, 11) is 3.47. The van der Waals surface area contributed by atoms with Gasteiger partial charge in [0.15, 0.2) is 0 Å². The Balaban J connectivity index is 1.98. The lowest BCUT2D eigenvalue weighted by Crippen LogP contribution is -2.37.